The van der Waals surface area contributed by atoms with Gasteiger partial charge in [0.1, 0.15) is 5.75 Å². The summed E-state index contributed by atoms with van der Waals surface area (Å²) in [4.78, 5) is 11.0. The summed E-state index contributed by atoms with van der Waals surface area (Å²) in [5.41, 5.74) is 3.00. The number of ether oxygens (including phenoxy) is 1. The second kappa shape index (κ2) is 5.91. The lowest BCUT2D eigenvalue weighted by Gasteiger charge is -2.16. The molecule has 1 aliphatic carbocycles. The SMILES string of the molecule is COc1ccc(/C(=C/C(=O)O)C2CCCC2)cc1C. The second-order valence-electron chi connectivity index (χ2n) is 5.10. The van der Waals surface area contributed by atoms with Crippen LogP contribution in [-0.2, 0) is 4.79 Å². The van der Waals surface area contributed by atoms with Crippen molar-refractivity contribution in [3.63, 3.8) is 0 Å². The highest BCUT2D eigenvalue weighted by Crippen LogP contribution is 2.37. The smallest absolute Gasteiger partial charge is 0.328 e. The van der Waals surface area contributed by atoms with E-state index in [1.54, 1.807) is 7.11 Å². The molecule has 0 spiro atoms. The number of hydrogen-bond acceptors (Lipinski definition) is 2. The maximum atomic E-state index is 11.0. The van der Waals surface area contributed by atoms with Crippen LogP contribution in [0, 0.1) is 12.8 Å². The van der Waals surface area contributed by atoms with Gasteiger partial charge in [-0.3, -0.25) is 0 Å². The topological polar surface area (TPSA) is 46.5 Å². The lowest BCUT2D eigenvalue weighted by Crippen LogP contribution is -2.02. The van der Waals surface area contributed by atoms with Crippen LogP contribution in [0.25, 0.3) is 5.57 Å². The average molecular weight is 260 g/mol. The van der Waals surface area contributed by atoms with Crippen LogP contribution in [-0.4, -0.2) is 18.2 Å². The highest BCUT2D eigenvalue weighted by Gasteiger charge is 2.21. The van der Waals surface area contributed by atoms with E-state index in [1.807, 2.05) is 25.1 Å². The first-order chi connectivity index (χ1) is 9.11. The zero-order valence-electron chi connectivity index (χ0n) is 11.5. The molecule has 0 radical (unpaired) electrons. The first-order valence-corrected chi connectivity index (χ1v) is 6.71. The van der Waals surface area contributed by atoms with Gasteiger partial charge in [-0.1, -0.05) is 18.9 Å². The van der Waals surface area contributed by atoms with Gasteiger partial charge in [0.15, 0.2) is 0 Å². The fourth-order valence-corrected chi connectivity index (χ4v) is 2.86. The van der Waals surface area contributed by atoms with Crippen molar-refractivity contribution in [1.29, 1.82) is 0 Å². The Morgan fingerprint density at radius 2 is 2.05 bits per heavy atom. The molecule has 0 atom stereocenters. The number of carboxylic acid groups (broad SMARTS) is 1. The molecule has 1 fully saturated rings. The van der Waals surface area contributed by atoms with Crippen molar-refractivity contribution >= 4 is 11.5 Å². The summed E-state index contributed by atoms with van der Waals surface area (Å²) in [6.07, 6.45) is 5.93. The molecule has 3 heteroatoms. The molecule has 0 unspecified atom stereocenters. The number of aliphatic carboxylic acids is 1. The number of rotatable bonds is 4. The first kappa shape index (κ1) is 13.7. The Hall–Kier alpha value is -1.77. The Morgan fingerprint density at radius 1 is 1.37 bits per heavy atom. The predicted molar refractivity (Wildman–Crippen MR) is 75.3 cm³/mol. The Morgan fingerprint density at radius 3 is 2.58 bits per heavy atom. The van der Waals surface area contributed by atoms with Gasteiger partial charge in [-0.15, -0.1) is 0 Å². The minimum atomic E-state index is -0.865. The molecule has 3 nitrogen and oxygen atoms in total. The van der Waals surface area contributed by atoms with Gasteiger partial charge in [0.2, 0.25) is 0 Å². The molecule has 0 saturated heterocycles. The molecule has 0 aliphatic heterocycles. The van der Waals surface area contributed by atoms with Gasteiger partial charge in [-0.05, 0) is 54.5 Å². The Bertz CT molecular complexity index is 497. The fourth-order valence-electron chi connectivity index (χ4n) is 2.86. The number of carboxylic acids is 1. The van der Waals surface area contributed by atoms with E-state index < -0.39 is 5.97 Å². The highest BCUT2D eigenvalue weighted by atomic mass is 16.5. The third-order valence-electron chi connectivity index (χ3n) is 3.80. The number of allylic oxidation sites excluding steroid dienone is 1. The summed E-state index contributed by atoms with van der Waals surface area (Å²) in [5, 5.41) is 9.07. The fraction of sp³-hybridized carbons (Fsp3) is 0.438. The summed E-state index contributed by atoms with van der Waals surface area (Å²) >= 11 is 0. The minimum absolute atomic E-state index is 0.379. The van der Waals surface area contributed by atoms with E-state index >= 15 is 0 Å². The monoisotopic (exact) mass is 260 g/mol. The number of hydrogen-bond donors (Lipinski definition) is 1. The van der Waals surface area contributed by atoms with E-state index in [4.69, 9.17) is 9.84 Å². The van der Waals surface area contributed by atoms with E-state index in [1.165, 1.54) is 18.9 Å². The lowest BCUT2D eigenvalue weighted by atomic mass is 9.90. The maximum Gasteiger partial charge on any atom is 0.328 e. The molecule has 1 aromatic carbocycles. The van der Waals surface area contributed by atoms with E-state index in [9.17, 15) is 4.79 Å². The van der Waals surface area contributed by atoms with Crippen molar-refractivity contribution in [3.8, 4) is 5.75 Å². The van der Waals surface area contributed by atoms with Crippen LogP contribution in [0.2, 0.25) is 0 Å². The van der Waals surface area contributed by atoms with Crippen molar-refractivity contribution in [2.75, 3.05) is 7.11 Å². The average Bonchev–Trinajstić information content (AvgIpc) is 2.89. The van der Waals surface area contributed by atoms with Gasteiger partial charge in [0.05, 0.1) is 7.11 Å². The van der Waals surface area contributed by atoms with E-state index in [0.29, 0.717) is 5.92 Å². The molecule has 102 valence electrons. The Kier molecular flexibility index (Phi) is 4.25. The van der Waals surface area contributed by atoms with Crippen molar-refractivity contribution in [3.05, 3.63) is 35.4 Å². The summed E-state index contributed by atoms with van der Waals surface area (Å²) in [5.74, 6) is 0.351. The van der Waals surface area contributed by atoms with Gasteiger partial charge < -0.3 is 9.84 Å². The molecule has 2 rings (SSSR count). The molecule has 1 aliphatic rings. The largest absolute Gasteiger partial charge is 0.496 e. The van der Waals surface area contributed by atoms with Crippen LogP contribution in [0.3, 0.4) is 0 Å². The third-order valence-corrected chi connectivity index (χ3v) is 3.80. The molecule has 19 heavy (non-hydrogen) atoms. The lowest BCUT2D eigenvalue weighted by molar-refractivity contribution is -0.131. The van der Waals surface area contributed by atoms with Crippen molar-refractivity contribution < 1.29 is 14.6 Å². The van der Waals surface area contributed by atoms with Crippen LogP contribution >= 0.6 is 0 Å². The van der Waals surface area contributed by atoms with Gasteiger partial charge in [0, 0.05) is 6.08 Å². The zero-order chi connectivity index (χ0) is 13.8. The van der Waals surface area contributed by atoms with Gasteiger partial charge in [0.25, 0.3) is 0 Å². The predicted octanol–water partition coefficient (Wildman–Crippen LogP) is 3.66. The van der Waals surface area contributed by atoms with Crippen LogP contribution < -0.4 is 4.74 Å². The standard InChI is InChI=1S/C16H20O3/c1-11-9-13(7-8-15(11)19-2)14(10-16(17)18)12-5-3-4-6-12/h7-10,12H,3-6H2,1-2H3,(H,17,18)/b14-10+. The van der Waals surface area contributed by atoms with Gasteiger partial charge in [-0.2, -0.15) is 0 Å². The van der Waals surface area contributed by atoms with Crippen LogP contribution in [0.15, 0.2) is 24.3 Å². The Balaban J connectivity index is 2.37. The maximum absolute atomic E-state index is 11.0. The number of methoxy groups -OCH3 is 1. The van der Waals surface area contributed by atoms with Gasteiger partial charge in [-0.25, -0.2) is 4.79 Å². The van der Waals surface area contributed by atoms with E-state index in [2.05, 4.69) is 0 Å². The molecular weight excluding hydrogens is 240 g/mol. The van der Waals surface area contributed by atoms with E-state index in [0.717, 1.165) is 35.3 Å². The molecule has 1 N–H and O–H groups in total. The molecular formula is C16H20O3. The van der Waals surface area contributed by atoms with Crippen molar-refractivity contribution in [2.24, 2.45) is 5.92 Å². The number of carbonyl (C=O) groups is 1. The first-order valence-electron chi connectivity index (χ1n) is 6.71. The second-order valence-corrected chi connectivity index (χ2v) is 5.10. The number of aryl methyl sites for hydroxylation is 1. The van der Waals surface area contributed by atoms with Crippen molar-refractivity contribution in [1.82, 2.24) is 0 Å². The van der Waals surface area contributed by atoms with Crippen molar-refractivity contribution in [2.45, 2.75) is 32.6 Å². The molecule has 0 aromatic heterocycles. The third kappa shape index (κ3) is 3.16. The molecule has 1 aromatic rings. The van der Waals surface area contributed by atoms with Crippen LogP contribution in [0.5, 0.6) is 5.75 Å². The molecule has 1 saturated carbocycles. The molecule has 0 heterocycles. The van der Waals surface area contributed by atoms with Crippen LogP contribution in [0.1, 0.15) is 36.8 Å². The Labute approximate surface area is 113 Å². The summed E-state index contributed by atoms with van der Waals surface area (Å²) in [7, 11) is 1.65. The normalized spacial score (nSPS) is 16.6. The summed E-state index contributed by atoms with van der Waals surface area (Å²) in [6, 6.07) is 5.89. The molecule has 0 bridgehead atoms. The van der Waals surface area contributed by atoms with E-state index in [-0.39, 0.29) is 0 Å². The minimum Gasteiger partial charge on any atom is -0.496 e. The zero-order valence-corrected chi connectivity index (χ0v) is 11.5. The molecule has 0 amide bonds. The van der Waals surface area contributed by atoms with Crippen LogP contribution in [0.4, 0.5) is 0 Å². The summed E-state index contributed by atoms with van der Waals surface area (Å²) < 4.78 is 5.25. The highest BCUT2D eigenvalue weighted by molar-refractivity contribution is 5.90. The summed E-state index contributed by atoms with van der Waals surface area (Å²) in [6.45, 7) is 1.98. The quantitative estimate of drug-likeness (QED) is 0.840. The van der Waals surface area contributed by atoms with Gasteiger partial charge >= 0.3 is 5.97 Å². The number of benzene rings is 1.